The first-order valence-corrected chi connectivity index (χ1v) is 8.61. The molecule has 0 radical (unpaired) electrons. The fraction of sp³-hybridized carbons (Fsp3) is 0.389. The van der Waals surface area contributed by atoms with Crippen LogP contribution in [0.25, 0.3) is 0 Å². The van der Waals surface area contributed by atoms with Crippen LogP contribution in [-0.2, 0) is 9.53 Å². The third-order valence-electron chi connectivity index (χ3n) is 4.30. The molecule has 1 unspecified atom stereocenters. The standard InChI is InChI=1S/C18H19F2N5O3/c1-2-5-24-7-6-23(12-22-24)16-4-3-13(8-15(16)20)25-11-14(28-18(25)27)10-21-17(26)9-19/h1,3-4,8,12,14H,5-7,9-11H2,(H,21,26). The highest BCUT2D eigenvalue weighted by molar-refractivity contribution is 5.90. The summed E-state index contributed by atoms with van der Waals surface area (Å²) in [5.41, 5.74) is 0.653. The molecule has 1 aromatic rings. The number of alkyl halides is 1. The van der Waals surface area contributed by atoms with E-state index in [0.717, 1.165) is 0 Å². The topological polar surface area (TPSA) is 77.5 Å². The van der Waals surface area contributed by atoms with Crippen LogP contribution in [0.4, 0.5) is 25.0 Å². The zero-order valence-electron chi connectivity index (χ0n) is 15.0. The maximum absolute atomic E-state index is 14.6. The normalized spacial score (nSPS) is 18.8. The number of nitrogens with one attached hydrogen (secondary N) is 1. The molecular weight excluding hydrogens is 372 g/mol. The van der Waals surface area contributed by atoms with Crippen LogP contribution in [0.2, 0.25) is 0 Å². The van der Waals surface area contributed by atoms with Gasteiger partial charge in [-0.05, 0) is 18.2 Å². The van der Waals surface area contributed by atoms with Crippen molar-refractivity contribution < 1.29 is 23.1 Å². The van der Waals surface area contributed by atoms with Gasteiger partial charge in [-0.1, -0.05) is 5.92 Å². The fourth-order valence-electron chi connectivity index (χ4n) is 2.89. The highest BCUT2D eigenvalue weighted by Crippen LogP contribution is 2.28. The van der Waals surface area contributed by atoms with Crippen molar-refractivity contribution in [2.75, 3.05) is 49.2 Å². The molecule has 0 bridgehead atoms. The van der Waals surface area contributed by atoms with Crippen molar-refractivity contribution >= 4 is 29.7 Å². The van der Waals surface area contributed by atoms with Crippen LogP contribution >= 0.6 is 0 Å². The molecule has 8 nitrogen and oxygen atoms in total. The number of carbonyl (C=O) groups is 2. The number of benzene rings is 1. The highest BCUT2D eigenvalue weighted by Gasteiger charge is 2.33. The summed E-state index contributed by atoms with van der Waals surface area (Å²) in [7, 11) is 0. The number of hydrazone groups is 1. The van der Waals surface area contributed by atoms with E-state index in [2.05, 4.69) is 16.3 Å². The first kappa shape index (κ1) is 19.4. The number of rotatable bonds is 6. The monoisotopic (exact) mass is 391 g/mol. The molecule has 2 aliphatic heterocycles. The Kier molecular flexibility index (Phi) is 5.93. The lowest BCUT2D eigenvalue weighted by molar-refractivity contribution is -0.122. The van der Waals surface area contributed by atoms with Crippen molar-refractivity contribution in [3.8, 4) is 12.3 Å². The molecule has 2 amide bonds. The Hall–Kier alpha value is -3.35. The van der Waals surface area contributed by atoms with E-state index in [4.69, 9.17) is 11.2 Å². The lowest BCUT2D eigenvalue weighted by Crippen LogP contribution is -2.38. The minimum absolute atomic E-state index is 0.00996. The molecule has 2 aliphatic rings. The summed E-state index contributed by atoms with van der Waals surface area (Å²) in [4.78, 5) is 25.9. The molecule has 1 atom stereocenters. The number of hydrogen-bond donors (Lipinski definition) is 1. The van der Waals surface area contributed by atoms with Gasteiger partial charge in [0.15, 0.2) is 6.67 Å². The van der Waals surface area contributed by atoms with Gasteiger partial charge in [0.1, 0.15) is 18.3 Å². The molecule has 3 rings (SSSR count). The molecule has 1 N–H and O–H groups in total. The number of terminal acetylenes is 1. The van der Waals surface area contributed by atoms with Crippen molar-refractivity contribution in [3.05, 3.63) is 24.0 Å². The van der Waals surface area contributed by atoms with Crippen molar-refractivity contribution in [2.45, 2.75) is 6.10 Å². The van der Waals surface area contributed by atoms with Gasteiger partial charge in [0.2, 0.25) is 0 Å². The summed E-state index contributed by atoms with van der Waals surface area (Å²) < 4.78 is 31.9. The first-order chi connectivity index (χ1) is 13.5. The fourth-order valence-corrected chi connectivity index (χ4v) is 2.89. The largest absolute Gasteiger partial charge is 0.442 e. The molecule has 10 heteroatoms. The molecule has 1 fully saturated rings. The number of anilines is 2. The third-order valence-corrected chi connectivity index (χ3v) is 4.30. The summed E-state index contributed by atoms with van der Waals surface area (Å²) >= 11 is 0. The van der Waals surface area contributed by atoms with E-state index < -0.39 is 30.6 Å². The van der Waals surface area contributed by atoms with Crippen molar-refractivity contribution in [1.82, 2.24) is 10.3 Å². The Morgan fingerprint density at radius 3 is 2.89 bits per heavy atom. The Labute approximate surface area is 160 Å². The average Bonchev–Trinajstić information content (AvgIpc) is 3.07. The van der Waals surface area contributed by atoms with Crippen LogP contribution in [-0.4, -0.2) is 68.9 Å². The maximum Gasteiger partial charge on any atom is 0.414 e. The van der Waals surface area contributed by atoms with Gasteiger partial charge in [0, 0.05) is 6.54 Å². The number of cyclic esters (lactones) is 1. The van der Waals surface area contributed by atoms with Gasteiger partial charge < -0.3 is 15.0 Å². The lowest BCUT2D eigenvalue weighted by Gasteiger charge is -2.29. The van der Waals surface area contributed by atoms with Gasteiger partial charge in [-0.15, -0.1) is 6.42 Å². The van der Waals surface area contributed by atoms with Gasteiger partial charge in [0.25, 0.3) is 5.91 Å². The average molecular weight is 391 g/mol. The van der Waals surface area contributed by atoms with Crippen molar-refractivity contribution in [3.63, 3.8) is 0 Å². The summed E-state index contributed by atoms with van der Waals surface area (Å²) in [6, 6.07) is 4.39. The first-order valence-electron chi connectivity index (χ1n) is 8.61. The van der Waals surface area contributed by atoms with Crippen LogP contribution in [0.1, 0.15) is 0 Å². The number of amides is 2. The van der Waals surface area contributed by atoms with E-state index in [1.165, 1.54) is 17.3 Å². The second-order valence-electron chi connectivity index (χ2n) is 6.21. The molecule has 28 heavy (non-hydrogen) atoms. The van der Waals surface area contributed by atoms with Gasteiger partial charge >= 0.3 is 6.09 Å². The minimum Gasteiger partial charge on any atom is -0.442 e. The molecule has 0 saturated carbocycles. The zero-order chi connectivity index (χ0) is 20.1. The minimum atomic E-state index is -1.14. The number of carbonyl (C=O) groups excluding carboxylic acids is 2. The molecule has 148 valence electrons. The smallest absolute Gasteiger partial charge is 0.414 e. The van der Waals surface area contributed by atoms with E-state index in [0.29, 0.717) is 31.0 Å². The zero-order valence-corrected chi connectivity index (χ0v) is 15.0. The third kappa shape index (κ3) is 4.31. The summed E-state index contributed by atoms with van der Waals surface area (Å²) in [6.45, 7) is 0.434. The molecule has 0 spiro atoms. The Morgan fingerprint density at radius 2 is 2.25 bits per heavy atom. The summed E-state index contributed by atoms with van der Waals surface area (Å²) in [5.74, 6) is 1.20. The number of ether oxygens (including phenoxy) is 1. The van der Waals surface area contributed by atoms with Gasteiger partial charge in [-0.3, -0.25) is 14.7 Å². The number of halogens is 2. The van der Waals surface area contributed by atoms with Gasteiger partial charge in [0.05, 0.1) is 37.6 Å². The Balaban J connectivity index is 1.66. The summed E-state index contributed by atoms with van der Waals surface area (Å²) in [6.07, 6.45) is 5.46. The predicted molar refractivity (Wildman–Crippen MR) is 99.2 cm³/mol. The molecule has 1 saturated heterocycles. The summed E-state index contributed by atoms with van der Waals surface area (Å²) in [5, 5.41) is 8.17. The van der Waals surface area contributed by atoms with E-state index >= 15 is 0 Å². The van der Waals surface area contributed by atoms with Gasteiger partial charge in [-0.2, -0.15) is 5.10 Å². The number of nitrogens with zero attached hydrogens (tertiary/aromatic N) is 4. The van der Waals surface area contributed by atoms with Crippen LogP contribution in [0, 0.1) is 18.2 Å². The van der Waals surface area contributed by atoms with Crippen molar-refractivity contribution in [1.29, 1.82) is 0 Å². The molecule has 0 aliphatic carbocycles. The Morgan fingerprint density at radius 1 is 1.43 bits per heavy atom. The van der Waals surface area contributed by atoms with Crippen LogP contribution in [0.3, 0.4) is 0 Å². The maximum atomic E-state index is 14.6. The SMILES string of the molecule is C#CCN1CCN(c2ccc(N3CC(CNC(=O)CF)OC3=O)cc2F)C=N1. The highest BCUT2D eigenvalue weighted by atomic mass is 19.1. The van der Waals surface area contributed by atoms with Crippen LogP contribution < -0.4 is 15.1 Å². The quantitative estimate of drug-likeness (QED) is 0.731. The second kappa shape index (κ2) is 8.56. The Bertz CT molecular complexity index is 826. The van der Waals surface area contributed by atoms with E-state index in [1.54, 1.807) is 22.0 Å². The molecular formula is C18H19F2N5O3. The van der Waals surface area contributed by atoms with Gasteiger partial charge in [-0.25, -0.2) is 13.6 Å². The predicted octanol–water partition coefficient (Wildman–Crippen LogP) is 0.935. The van der Waals surface area contributed by atoms with E-state index in [9.17, 15) is 18.4 Å². The number of hydrogen-bond acceptors (Lipinski definition) is 6. The van der Waals surface area contributed by atoms with Crippen LogP contribution in [0.15, 0.2) is 23.3 Å². The van der Waals surface area contributed by atoms with Crippen molar-refractivity contribution in [2.24, 2.45) is 5.10 Å². The van der Waals surface area contributed by atoms with E-state index in [-0.39, 0.29) is 13.1 Å². The van der Waals surface area contributed by atoms with E-state index in [1.807, 2.05) is 0 Å². The van der Waals surface area contributed by atoms with Crippen LogP contribution in [0.5, 0.6) is 0 Å². The second-order valence-corrected chi connectivity index (χ2v) is 6.21. The molecule has 0 aromatic heterocycles. The molecule has 2 heterocycles. The molecule has 1 aromatic carbocycles. The lowest BCUT2D eigenvalue weighted by atomic mass is 10.2.